The minimum absolute atomic E-state index is 0.0230. The zero-order chi connectivity index (χ0) is 11.6. The SMILES string of the molecule is CCCCC(/C=C/c1ccccc1)N=[N+]=[N-]. The van der Waals surface area contributed by atoms with Gasteiger partial charge in [0.05, 0.1) is 6.04 Å². The molecule has 0 aliphatic heterocycles. The third-order valence-electron chi connectivity index (χ3n) is 2.36. The summed E-state index contributed by atoms with van der Waals surface area (Å²) in [6, 6.07) is 10.0. The number of hydrogen-bond acceptors (Lipinski definition) is 1. The number of hydrogen-bond donors (Lipinski definition) is 0. The van der Waals surface area contributed by atoms with Crippen LogP contribution in [0.5, 0.6) is 0 Å². The summed E-state index contributed by atoms with van der Waals surface area (Å²) < 4.78 is 0. The highest BCUT2D eigenvalue weighted by Gasteiger charge is 1.99. The van der Waals surface area contributed by atoms with Crippen molar-refractivity contribution in [3.8, 4) is 0 Å². The van der Waals surface area contributed by atoms with Crippen molar-refractivity contribution in [2.24, 2.45) is 5.11 Å². The molecule has 1 unspecified atom stereocenters. The Kier molecular flexibility index (Phi) is 5.82. The number of unbranched alkanes of at least 4 members (excludes halogenated alkanes) is 1. The van der Waals surface area contributed by atoms with E-state index < -0.39 is 0 Å². The molecule has 3 nitrogen and oxygen atoms in total. The van der Waals surface area contributed by atoms with Gasteiger partial charge in [0, 0.05) is 4.91 Å². The van der Waals surface area contributed by atoms with Crippen LogP contribution in [0.3, 0.4) is 0 Å². The minimum Gasteiger partial charge on any atom is -0.0865 e. The maximum atomic E-state index is 8.46. The van der Waals surface area contributed by atoms with E-state index in [0.717, 1.165) is 24.8 Å². The summed E-state index contributed by atoms with van der Waals surface area (Å²) in [6.45, 7) is 2.13. The van der Waals surface area contributed by atoms with Crippen molar-refractivity contribution >= 4 is 6.08 Å². The first kappa shape index (κ1) is 12.3. The Morgan fingerprint density at radius 2 is 2.12 bits per heavy atom. The molecule has 0 saturated carbocycles. The molecule has 1 rings (SSSR count). The largest absolute Gasteiger partial charge is 0.0865 e. The van der Waals surface area contributed by atoms with Crippen molar-refractivity contribution in [2.75, 3.05) is 0 Å². The van der Waals surface area contributed by atoms with Gasteiger partial charge in [-0.15, -0.1) is 0 Å². The van der Waals surface area contributed by atoms with Crippen LogP contribution in [0.4, 0.5) is 0 Å². The average molecular weight is 215 g/mol. The van der Waals surface area contributed by atoms with Crippen LogP contribution in [0.1, 0.15) is 31.7 Å². The molecule has 0 N–H and O–H groups in total. The third kappa shape index (κ3) is 4.67. The predicted octanol–water partition coefficient (Wildman–Crippen LogP) is 4.57. The predicted molar refractivity (Wildman–Crippen MR) is 67.9 cm³/mol. The van der Waals surface area contributed by atoms with Gasteiger partial charge in [0.25, 0.3) is 0 Å². The Morgan fingerprint density at radius 1 is 1.38 bits per heavy atom. The molecule has 0 heterocycles. The Balaban J connectivity index is 2.60. The zero-order valence-corrected chi connectivity index (χ0v) is 9.58. The molecule has 1 aromatic carbocycles. The second-order valence-corrected chi connectivity index (χ2v) is 3.68. The topological polar surface area (TPSA) is 48.8 Å². The summed E-state index contributed by atoms with van der Waals surface area (Å²) in [5.74, 6) is 0. The molecule has 0 bridgehead atoms. The lowest BCUT2D eigenvalue weighted by Gasteiger charge is -2.03. The molecular formula is C13H17N3. The lowest BCUT2D eigenvalue weighted by atomic mass is 10.1. The summed E-state index contributed by atoms with van der Waals surface area (Å²) in [5.41, 5.74) is 9.59. The van der Waals surface area contributed by atoms with E-state index in [1.165, 1.54) is 0 Å². The van der Waals surface area contributed by atoms with E-state index in [2.05, 4.69) is 16.9 Å². The summed E-state index contributed by atoms with van der Waals surface area (Å²) in [5, 5.41) is 3.77. The highest BCUT2D eigenvalue weighted by atomic mass is 15.1. The molecule has 0 aliphatic carbocycles. The fourth-order valence-corrected chi connectivity index (χ4v) is 1.46. The van der Waals surface area contributed by atoms with Crippen molar-refractivity contribution in [1.29, 1.82) is 0 Å². The van der Waals surface area contributed by atoms with Crippen LogP contribution in [0.25, 0.3) is 16.5 Å². The van der Waals surface area contributed by atoms with E-state index in [0.29, 0.717) is 0 Å². The lowest BCUT2D eigenvalue weighted by molar-refractivity contribution is 0.654. The third-order valence-corrected chi connectivity index (χ3v) is 2.36. The second kappa shape index (κ2) is 7.55. The van der Waals surface area contributed by atoms with E-state index in [9.17, 15) is 0 Å². The van der Waals surface area contributed by atoms with Gasteiger partial charge in [0.2, 0.25) is 0 Å². The highest BCUT2D eigenvalue weighted by molar-refractivity contribution is 5.49. The summed E-state index contributed by atoms with van der Waals surface area (Å²) in [4.78, 5) is 2.87. The van der Waals surface area contributed by atoms with E-state index in [1.807, 2.05) is 42.5 Å². The maximum Gasteiger partial charge on any atom is 0.0558 e. The maximum absolute atomic E-state index is 8.46. The minimum atomic E-state index is -0.0230. The van der Waals surface area contributed by atoms with Crippen molar-refractivity contribution in [3.05, 3.63) is 52.4 Å². The number of nitrogens with zero attached hydrogens (tertiary/aromatic N) is 3. The molecule has 0 saturated heterocycles. The Bertz CT molecular complexity index is 364. The second-order valence-electron chi connectivity index (χ2n) is 3.68. The van der Waals surface area contributed by atoms with Crippen LogP contribution in [0.15, 0.2) is 41.5 Å². The van der Waals surface area contributed by atoms with Gasteiger partial charge >= 0.3 is 0 Å². The Labute approximate surface area is 96.4 Å². The van der Waals surface area contributed by atoms with Crippen LogP contribution in [-0.2, 0) is 0 Å². The molecule has 3 heteroatoms. The van der Waals surface area contributed by atoms with Crippen LogP contribution in [-0.4, -0.2) is 6.04 Å². The molecule has 0 amide bonds. The number of benzene rings is 1. The summed E-state index contributed by atoms with van der Waals surface area (Å²) in [7, 11) is 0. The molecule has 1 atom stereocenters. The summed E-state index contributed by atoms with van der Waals surface area (Å²) >= 11 is 0. The first-order chi connectivity index (χ1) is 7.86. The van der Waals surface area contributed by atoms with Crippen molar-refractivity contribution in [3.63, 3.8) is 0 Å². The van der Waals surface area contributed by atoms with E-state index in [1.54, 1.807) is 0 Å². The molecule has 84 valence electrons. The number of azide groups is 1. The molecular weight excluding hydrogens is 198 g/mol. The van der Waals surface area contributed by atoms with Gasteiger partial charge in [-0.2, -0.15) is 0 Å². The molecule has 0 aliphatic rings. The molecule has 16 heavy (non-hydrogen) atoms. The standard InChI is InChI=1S/C13H17N3/c1-2-3-9-13(15-16-14)11-10-12-7-5-4-6-8-12/h4-8,10-11,13H,2-3,9H2,1H3/b11-10+. The summed E-state index contributed by atoms with van der Waals surface area (Å²) in [6.07, 6.45) is 7.11. The Morgan fingerprint density at radius 3 is 2.75 bits per heavy atom. The van der Waals surface area contributed by atoms with Crippen molar-refractivity contribution in [2.45, 2.75) is 32.2 Å². The van der Waals surface area contributed by atoms with Crippen LogP contribution < -0.4 is 0 Å². The van der Waals surface area contributed by atoms with Gasteiger partial charge in [-0.05, 0) is 17.5 Å². The first-order valence-electron chi connectivity index (χ1n) is 5.64. The van der Waals surface area contributed by atoms with Gasteiger partial charge in [-0.25, -0.2) is 0 Å². The molecule has 0 aromatic heterocycles. The molecule has 0 radical (unpaired) electrons. The molecule has 0 fully saturated rings. The van der Waals surface area contributed by atoms with Gasteiger partial charge in [0.15, 0.2) is 0 Å². The quantitative estimate of drug-likeness (QED) is 0.379. The van der Waals surface area contributed by atoms with Crippen molar-refractivity contribution in [1.82, 2.24) is 0 Å². The smallest absolute Gasteiger partial charge is 0.0558 e. The molecule has 0 spiro atoms. The zero-order valence-electron chi connectivity index (χ0n) is 9.58. The van der Waals surface area contributed by atoms with Crippen molar-refractivity contribution < 1.29 is 0 Å². The first-order valence-corrected chi connectivity index (χ1v) is 5.64. The van der Waals surface area contributed by atoms with Crippen LogP contribution in [0.2, 0.25) is 0 Å². The Hall–Kier alpha value is -1.73. The van der Waals surface area contributed by atoms with Gasteiger partial charge < -0.3 is 0 Å². The highest BCUT2D eigenvalue weighted by Crippen LogP contribution is 2.09. The fraction of sp³-hybridized carbons (Fsp3) is 0.385. The lowest BCUT2D eigenvalue weighted by Crippen LogP contribution is -1.97. The van der Waals surface area contributed by atoms with Crippen LogP contribution >= 0.6 is 0 Å². The molecule has 1 aromatic rings. The number of rotatable bonds is 6. The van der Waals surface area contributed by atoms with Gasteiger partial charge in [-0.1, -0.05) is 67.4 Å². The monoisotopic (exact) mass is 215 g/mol. The van der Waals surface area contributed by atoms with Gasteiger partial charge in [-0.3, -0.25) is 0 Å². The van der Waals surface area contributed by atoms with E-state index >= 15 is 0 Å². The van der Waals surface area contributed by atoms with Gasteiger partial charge in [0.1, 0.15) is 0 Å². The van der Waals surface area contributed by atoms with E-state index in [4.69, 9.17) is 5.53 Å². The fourth-order valence-electron chi connectivity index (χ4n) is 1.46. The average Bonchev–Trinajstić information content (AvgIpc) is 2.34. The normalized spacial score (nSPS) is 12.3. The van der Waals surface area contributed by atoms with E-state index in [-0.39, 0.29) is 6.04 Å². The van der Waals surface area contributed by atoms with Crippen LogP contribution in [0, 0.1) is 0 Å².